The molecule has 0 bridgehead atoms. The van der Waals surface area contributed by atoms with E-state index in [1.807, 2.05) is 93.6 Å². The van der Waals surface area contributed by atoms with Gasteiger partial charge in [0.25, 0.3) is 0 Å². The van der Waals surface area contributed by atoms with Crippen molar-refractivity contribution in [3.8, 4) is 11.5 Å². The van der Waals surface area contributed by atoms with Gasteiger partial charge in [0.05, 0.1) is 23.5 Å². The highest BCUT2D eigenvalue weighted by molar-refractivity contribution is 7.99. The zero-order chi connectivity index (χ0) is 41.5. The highest BCUT2D eigenvalue weighted by atomic mass is 35.5. The third-order valence-electron chi connectivity index (χ3n) is 8.92. The maximum atomic E-state index is 12.9. The SMILES string of the molecule is COc1ccnc(C(=O)C[C@@H](C)C(=O)O[C@@H](C)[C@H](Sc2ccccc2)c2ccc(C)cc2)c1O.Cc1ccc([C@@H](Sc2ccccc2)[C@H](C)OC(=O)[C@H](C)N)cc1.Cl. The lowest BCUT2D eigenvalue weighted by Crippen LogP contribution is -2.33. The summed E-state index contributed by atoms with van der Waals surface area (Å²) in [5, 5.41) is 10.1. The average Bonchev–Trinajstić information content (AvgIpc) is 3.20. The van der Waals surface area contributed by atoms with Crippen molar-refractivity contribution in [2.24, 2.45) is 11.7 Å². The number of hydrogen-bond acceptors (Lipinski definition) is 11. The first-order valence-electron chi connectivity index (χ1n) is 18.8. The Balaban J connectivity index is 0.000000328. The Labute approximate surface area is 356 Å². The van der Waals surface area contributed by atoms with Crippen LogP contribution in [0.3, 0.4) is 0 Å². The highest BCUT2D eigenvalue weighted by Gasteiger charge is 2.29. The first-order chi connectivity index (χ1) is 27.3. The number of aryl methyl sites for hydroxylation is 2. The molecule has 0 amide bonds. The second-order valence-electron chi connectivity index (χ2n) is 13.8. The van der Waals surface area contributed by atoms with Crippen molar-refractivity contribution in [2.45, 2.75) is 86.5 Å². The number of thioether (sulfide) groups is 2. The highest BCUT2D eigenvalue weighted by Crippen LogP contribution is 2.40. The largest absolute Gasteiger partial charge is 0.503 e. The number of esters is 2. The normalized spacial score (nSPS) is 13.8. The number of benzene rings is 4. The molecular weight excluding hydrogens is 792 g/mol. The molecule has 0 spiro atoms. The van der Waals surface area contributed by atoms with Crippen molar-refractivity contribution in [1.29, 1.82) is 0 Å². The first-order valence-corrected chi connectivity index (χ1v) is 20.5. The molecule has 5 rings (SSSR count). The molecule has 6 atom stereocenters. The second-order valence-corrected chi connectivity index (χ2v) is 16.3. The molecule has 0 radical (unpaired) electrons. The minimum atomic E-state index is -0.706. The number of ketones is 1. The molecule has 1 aromatic heterocycles. The minimum Gasteiger partial charge on any atom is -0.503 e. The molecule has 0 aliphatic heterocycles. The summed E-state index contributed by atoms with van der Waals surface area (Å²) in [7, 11) is 1.39. The van der Waals surface area contributed by atoms with Crippen molar-refractivity contribution >= 4 is 53.7 Å². The van der Waals surface area contributed by atoms with Crippen LogP contribution >= 0.6 is 35.9 Å². The number of nitrogens with zero attached hydrogens (tertiary/aromatic N) is 1. The predicted molar refractivity (Wildman–Crippen MR) is 235 cm³/mol. The van der Waals surface area contributed by atoms with E-state index in [0.717, 1.165) is 26.5 Å². The van der Waals surface area contributed by atoms with Crippen molar-refractivity contribution in [2.75, 3.05) is 7.11 Å². The van der Waals surface area contributed by atoms with E-state index in [1.54, 1.807) is 37.4 Å². The Kier molecular flexibility index (Phi) is 19.3. The van der Waals surface area contributed by atoms with Crippen LogP contribution in [0.1, 0.15) is 77.4 Å². The number of pyridine rings is 1. The van der Waals surface area contributed by atoms with Crippen LogP contribution < -0.4 is 10.5 Å². The standard InChI is InChI=1S/C27H29NO5S.C19H23NO2S.ClH/c1-17-10-12-20(13-11-17)26(34-21-8-6-5-7-9-21)19(3)33-27(31)18(2)16-22(29)24-25(30)23(32-4)14-15-28-24;1-13-9-11-16(12-10-13)18(15(3)22-19(21)14(2)20)23-17-7-5-4-6-8-17;/h5-15,18-19,26,30H,16H2,1-4H3;4-12,14-15,18H,20H2,1-3H3;1H/t18-,19+,26+;14-,15-,18-;/m10./s1. The molecular formula is C46H53ClN2O7S2. The molecule has 58 heavy (non-hydrogen) atoms. The van der Waals surface area contributed by atoms with Gasteiger partial charge in [0, 0.05) is 28.5 Å². The van der Waals surface area contributed by atoms with Crippen LogP contribution in [-0.4, -0.2) is 53.2 Å². The Hall–Kier alpha value is -4.81. The van der Waals surface area contributed by atoms with Crippen LogP contribution in [0.4, 0.5) is 0 Å². The summed E-state index contributed by atoms with van der Waals surface area (Å²) in [6, 6.07) is 37.4. The molecule has 4 aromatic carbocycles. The number of aromatic nitrogens is 1. The van der Waals surface area contributed by atoms with E-state index in [1.165, 1.54) is 24.9 Å². The number of aromatic hydroxyl groups is 1. The molecule has 1 heterocycles. The number of rotatable bonds is 16. The second kappa shape index (κ2) is 23.6. The van der Waals surface area contributed by atoms with Crippen LogP contribution in [0.15, 0.2) is 131 Å². The van der Waals surface area contributed by atoms with E-state index in [-0.39, 0.29) is 58.6 Å². The van der Waals surface area contributed by atoms with Crippen molar-refractivity contribution in [3.63, 3.8) is 0 Å². The van der Waals surface area contributed by atoms with E-state index in [2.05, 4.69) is 48.3 Å². The van der Waals surface area contributed by atoms with Gasteiger partial charge in [0.1, 0.15) is 18.2 Å². The maximum Gasteiger partial charge on any atom is 0.322 e. The summed E-state index contributed by atoms with van der Waals surface area (Å²) in [6.07, 6.45) is 0.521. The number of carbonyl (C=O) groups excluding carboxylic acids is 3. The summed E-state index contributed by atoms with van der Waals surface area (Å²) in [6.45, 7) is 11.1. The third kappa shape index (κ3) is 14.2. The molecule has 3 N–H and O–H groups in total. The summed E-state index contributed by atoms with van der Waals surface area (Å²) in [5.41, 5.74) is 10.0. The van der Waals surface area contributed by atoms with Gasteiger partial charge in [0.2, 0.25) is 0 Å². The molecule has 0 saturated heterocycles. The molecule has 0 aliphatic rings. The van der Waals surface area contributed by atoms with Gasteiger partial charge >= 0.3 is 11.9 Å². The topological polar surface area (TPSA) is 138 Å². The first kappa shape index (κ1) is 47.6. The van der Waals surface area contributed by atoms with Gasteiger partial charge in [-0.15, -0.1) is 35.9 Å². The van der Waals surface area contributed by atoms with E-state index in [0.29, 0.717) is 0 Å². The molecule has 0 saturated carbocycles. The van der Waals surface area contributed by atoms with Gasteiger partial charge in [-0.1, -0.05) is 103 Å². The van der Waals surface area contributed by atoms with E-state index < -0.39 is 29.8 Å². The average molecular weight is 846 g/mol. The summed E-state index contributed by atoms with van der Waals surface area (Å²) < 4.78 is 16.4. The lowest BCUT2D eigenvalue weighted by Gasteiger charge is -2.25. The lowest BCUT2D eigenvalue weighted by molar-refractivity contribution is -0.152. The maximum absolute atomic E-state index is 12.9. The fourth-order valence-electron chi connectivity index (χ4n) is 5.65. The summed E-state index contributed by atoms with van der Waals surface area (Å²) in [4.78, 5) is 43.5. The molecule has 9 nitrogen and oxygen atoms in total. The number of carbonyl (C=O) groups is 3. The Bertz CT molecular complexity index is 2040. The molecule has 0 fully saturated rings. The van der Waals surface area contributed by atoms with Crippen LogP contribution in [0.25, 0.3) is 0 Å². The molecule has 308 valence electrons. The molecule has 12 heteroatoms. The zero-order valence-corrected chi connectivity index (χ0v) is 36.3. The van der Waals surface area contributed by atoms with E-state index in [4.69, 9.17) is 19.9 Å². The lowest BCUT2D eigenvalue weighted by atomic mass is 10.0. The Morgan fingerprint density at radius 3 is 1.52 bits per heavy atom. The van der Waals surface area contributed by atoms with Crippen LogP contribution in [0, 0.1) is 19.8 Å². The summed E-state index contributed by atoms with van der Waals surface area (Å²) in [5.74, 6) is -2.19. The van der Waals surface area contributed by atoms with Crippen LogP contribution in [0.2, 0.25) is 0 Å². The van der Waals surface area contributed by atoms with Gasteiger partial charge in [0.15, 0.2) is 23.0 Å². The number of methoxy groups -OCH3 is 1. The number of ether oxygens (including phenoxy) is 3. The third-order valence-corrected chi connectivity index (χ3v) is 11.8. The number of hydrogen-bond donors (Lipinski definition) is 2. The van der Waals surface area contributed by atoms with Crippen molar-refractivity contribution < 1.29 is 33.7 Å². The van der Waals surface area contributed by atoms with Crippen LogP contribution in [-0.2, 0) is 19.1 Å². The predicted octanol–water partition coefficient (Wildman–Crippen LogP) is 10.3. The zero-order valence-electron chi connectivity index (χ0n) is 33.9. The molecule has 5 aromatic rings. The Morgan fingerprint density at radius 2 is 1.10 bits per heavy atom. The molecule has 0 aliphatic carbocycles. The quantitative estimate of drug-likeness (QED) is 0.0558. The minimum absolute atomic E-state index is 0. The number of nitrogens with two attached hydrogens (primary N) is 1. The summed E-state index contributed by atoms with van der Waals surface area (Å²) >= 11 is 3.32. The van der Waals surface area contributed by atoms with Gasteiger partial charge in [-0.25, -0.2) is 4.98 Å². The Morgan fingerprint density at radius 1 is 0.672 bits per heavy atom. The fourth-order valence-corrected chi connectivity index (χ4v) is 7.95. The van der Waals surface area contributed by atoms with Gasteiger partial charge < -0.3 is 25.1 Å². The van der Waals surface area contributed by atoms with Crippen LogP contribution in [0.5, 0.6) is 11.5 Å². The number of Topliss-reactive ketones (excluding diaryl/α,β-unsaturated/α-hetero) is 1. The molecule has 0 unspecified atom stereocenters. The smallest absolute Gasteiger partial charge is 0.322 e. The van der Waals surface area contributed by atoms with E-state index >= 15 is 0 Å². The van der Waals surface area contributed by atoms with Gasteiger partial charge in [-0.05, 0) is 70.0 Å². The number of halogens is 1. The van der Waals surface area contributed by atoms with Gasteiger partial charge in [-0.3, -0.25) is 14.4 Å². The fraction of sp³-hybridized carbons (Fsp3) is 0.304. The van der Waals surface area contributed by atoms with E-state index in [9.17, 15) is 19.5 Å². The monoisotopic (exact) mass is 844 g/mol. The van der Waals surface area contributed by atoms with Crippen molar-refractivity contribution in [1.82, 2.24) is 4.98 Å². The van der Waals surface area contributed by atoms with Gasteiger partial charge in [-0.2, -0.15) is 0 Å². The van der Waals surface area contributed by atoms with Crippen molar-refractivity contribution in [3.05, 3.63) is 149 Å².